The molecular weight excluding hydrogens is 324 g/mol. The Morgan fingerprint density at radius 2 is 1.33 bits per heavy atom. The number of unbranched alkanes of at least 4 members (excludes halogenated alkanes) is 3. The molecule has 0 saturated heterocycles. The number of rotatable bonds is 18. The van der Waals surface area contributed by atoms with Crippen LogP contribution in [0.15, 0.2) is 0 Å². The van der Waals surface area contributed by atoms with Crippen LogP contribution >= 0.6 is 11.8 Å². The highest BCUT2D eigenvalue weighted by atomic mass is 32.2. The van der Waals surface area contributed by atoms with E-state index in [4.69, 9.17) is 18.9 Å². The molecule has 0 spiro atoms. The van der Waals surface area contributed by atoms with Crippen molar-refractivity contribution in [3.05, 3.63) is 0 Å². The maximum atomic E-state index is 5.99. The second-order valence-corrected chi connectivity index (χ2v) is 7.53. The molecule has 0 N–H and O–H groups in total. The third-order valence-corrected chi connectivity index (χ3v) is 5.31. The molecule has 0 fully saturated rings. The number of ether oxygens (including phenoxy) is 4. The van der Waals surface area contributed by atoms with Crippen LogP contribution in [0.5, 0.6) is 0 Å². The van der Waals surface area contributed by atoms with Gasteiger partial charge in [0.25, 0.3) is 0 Å². The standard InChI is InChI=1S/C19H40O4S/c1-6-9-12-21-15-18(17(4)23-14-11-8-3)24-19(20-5)16-22-13-10-7-2/h17-19H,6-16H2,1-5H3/t17-,18+,19?/m0/s1. The van der Waals surface area contributed by atoms with E-state index >= 15 is 0 Å². The van der Waals surface area contributed by atoms with Crippen LogP contribution in [-0.2, 0) is 18.9 Å². The summed E-state index contributed by atoms with van der Waals surface area (Å²) >= 11 is 1.77. The Labute approximate surface area is 154 Å². The van der Waals surface area contributed by atoms with Crippen LogP contribution in [0.1, 0.15) is 66.2 Å². The fourth-order valence-electron chi connectivity index (χ4n) is 2.04. The zero-order valence-electron chi connectivity index (χ0n) is 16.6. The molecule has 0 bridgehead atoms. The molecule has 5 heteroatoms. The first-order chi connectivity index (χ1) is 11.7. The Kier molecular flexibility index (Phi) is 18.1. The molecule has 0 radical (unpaired) electrons. The first-order valence-electron chi connectivity index (χ1n) is 9.64. The highest BCUT2D eigenvalue weighted by Gasteiger charge is 2.23. The van der Waals surface area contributed by atoms with Crippen molar-refractivity contribution in [1.82, 2.24) is 0 Å². The Morgan fingerprint density at radius 3 is 1.88 bits per heavy atom. The van der Waals surface area contributed by atoms with E-state index < -0.39 is 0 Å². The van der Waals surface area contributed by atoms with Gasteiger partial charge < -0.3 is 18.9 Å². The Balaban J connectivity index is 4.34. The third kappa shape index (κ3) is 13.5. The molecule has 0 aromatic rings. The Bertz CT molecular complexity index is 254. The molecule has 0 aliphatic rings. The maximum absolute atomic E-state index is 5.99. The van der Waals surface area contributed by atoms with Crippen molar-refractivity contribution in [3.63, 3.8) is 0 Å². The normalized spacial score (nSPS) is 15.4. The van der Waals surface area contributed by atoms with Crippen LogP contribution in [0, 0.1) is 0 Å². The maximum Gasteiger partial charge on any atom is 0.126 e. The van der Waals surface area contributed by atoms with E-state index in [2.05, 4.69) is 27.7 Å². The first kappa shape index (κ1) is 24.2. The fraction of sp³-hybridized carbons (Fsp3) is 1.00. The van der Waals surface area contributed by atoms with E-state index in [1.165, 1.54) is 0 Å². The van der Waals surface area contributed by atoms with E-state index in [9.17, 15) is 0 Å². The molecule has 0 aliphatic carbocycles. The van der Waals surface area contributed by atoms with Gasteiger partial charge in [-0.15, -0.1) is 11.8 Å². The molecule has 0 amide bonds. The average Bonchev–Trinajstić information content (AvgIpc) is 2.59. The first-order valence-corrected chi connectivity index (χ1v) is 10.6. The summed E-state index contributed by atoms with van der Waals surface area (Å²) in [4.78, 5) is 0. The number of methoxy groups -OCH3 is 1. The number of hydrogen-bond donors (Lipinski definition) is 0. The van der Waals surface area contributed by atoms with Gasteiger partial charge in [-0.3, -0.25) is 0 Å². The van der Waals surface area contributed by atoms with Gasteiger partial charge in [0, 0.05) is 26.9 Å². The van der Waals surface area contributed by atoms with Crippen molar-refractivity contribution in [2.45, 2.75) is 83.0 Å². The minimum absolute atomic E-state index is 0.0267. The molecule has 0 rings (SSSR count). The third-order valence-electron chi connectivity index (χ3n) is 3.81. The lowest BCUT2D eigenvalue weighted by atomic mass is 10.3. The van der Waals surface area contributed by atoms with Crippen LogP contribution in [-0.4, -0.2) is 56.9 Å². The lowest BCUT2D eigenvalue weighted by Gasteiger charge is -2.27. The largest absolute Gasteiger partial charge is 0.380 e. The minimum atomic E-state index is 0.0267. The summed E-state index contributed by atoms with van der Waals surface area (Å²) in [6.07, 6.45) is 6.93. The molecule has 0 heterocycles. The van der Waals surface area contributed by atoms with Crippen molar-refractivity contribution in [2.24, 2.45) is 0 Å². The van der Waals surface area contributed by atoms with E-state index in [-0.39, 0.29) is 16.8 Å². The van der Waals surface area contributed by atoms with E-state index in [0.29, 0.717) is 13.2 Å². The molecule has 1 unspecified atom stereocenters. The predicted molar refractivity (Wildman–Crippen MR) is 104 cm³/mol. The molecular formula is C19H40O4S. The summed E-state index contributed by atoms with van der Waals surface area (Å²) in [6, 6.07) is 0. The minimum Gasteiger partial charge on any atom is -0.380 e. The van der Waals surface area contributed by atoms with E-state index in [0.717, 1.165) is 58.3 Å². The summed E-state index contributed by atoms with van der Waals surface area (Å²) in [5.41, 5.74) is 0.0267. The molecule has 24 heavy (non-hydrogen) atoms. The van der Waals surface area contributed by atoms with Crippen molar-refractivity contribution in [3.8, 4) is 0 Å². The van der Waals surface area contributed by atoms with Gasteiger partial charge in [-0.2, -0.15) is 0 Å². The second-order valence-electron chi connectivity index (χ2n) is 6.13. The monoisotopic (exact) mass is 364 g/mol. The van der Waals surface area contributed by atoms with Gasteiger partial charge in [0.15, 0.2) is 0 Å². The zero-order chi connectivity index (χ0) is 18.0. The van der Waals surface area contributed by atoms with Gasteiger partial charge in [-0.25, -0.2) is 0 Å². The van der Waals surface area contributed by atoms with Crippen molar-refractivity contribution >= 4 is 11.8 Å². The average molecular weight is 365 g/mol. The highest BCUT2D eigenvalue weighted by molar-refractivity contribution is 8.00. The number of hydrogen-bond acceptors (Lipinski definition) is 5. The molecule has 0 aromatic carbocycles. The molecule has 0 aliphatic heterocycles. The van der Waals surface area contributed by atoms with Gasteiger partial charge in [0.2, 0.25) is 0 Å². The SMILES string of the molecule is CCCCOCC(OC)S[C@H](COCCCC)[C@H](C)OCCCC. The predicted octanol–water partition coefficient (Wildman–Crippen LogP) is 4.90. The summed E-state index contributed by atoms with van der Waals surface area (Å²) in [5.74, 6) is 0. The van der Waals surface area contributed by atoms with Crippen LogP contribution < -0.4 is 0 Å². The molecule has 3 atom stereocenters. The molecule has 4 nitrogen and oxygen atoms in total. The highest BCUT2D eigenvalue weighted by Crippen LogP contribution is 2.24. The van der Waals surface area contributed by atoms with Gasteiger partial charge in [0.1, 0.15) is 5.44 Å². The Hall–Kier alpha value is 0.190. The van der Waals surface area contributed by atoms with Crippen molar-refractivity contribution < 1.29 is 18.9 Å². The second kappa shape index (κ2) is 18.0. The molecule has 146 valence electrons. The van der Waals surface area contributed by atoms with Crippen molar-refractivity contribution in [2.75, 3.05) is 40.1 Å². The van der Waals surface area contributed by atoms with E-state index in [1.54, 1.807) is 18.9 Å². The smallest absolute Gasteiger partial charge is 0.126 e. The van der Waals surface area contributed by atoms with Crippen LogP contribution in [0.3, 0.4) is 0 Å². The summed E-state index contributed by atoms with van der Waals surface area (Å²) in [6.45, 7) is 12.4. The quantitative estimate of drug-likeness (QED) is 0.255. The van der Waals surface area contributed by atoms with Crippen molar-refractivity contribution in [1.29, 1.82) is 0 Å². The summed E-state index contributed by atoms with van der Waals surface area (Å²) < 4.78 is 23.2. The van der Waals surface area contributed by atoms with Crippen LogP contribution in [0.2, 0.25) is 0 Å². The van der Waals surface area contributed by atoms with Crippen LogP contribution in [0.25, 0.3) is 0 Å². The summed E-state index contributed by atoms with van der Waals surface area (Å²) in [5, 5.41) is 0.262. The van der Waals surface area contributed by atoms with E-state index in [1.807, 2.05) is 0 Å². The summed E-state index contributed by atoms with van der Waals surface area (Å²) in [7, 11) is 1.75. The number of thioether (sulfide) groups is 1. The van der Waals surface area contributed by atoms with Gasteiger partial charge in [-0.05, 0) is 26.2 Å². The fourth-order valence-corrected chi connectivity index (χ4v) is 3.19. The topological polar surface area (TPSA) is 36.9 Å². The van der Waals surface area contributed by atoms with Gasteiger partial charge >= 0.3 is 0 Å². The van der Waals surface area contributed by atoms with Gasteiger partial charge in [-0.1, -0.05) is 40.0 Å². The molecule has 0 saturated carbocycles. The van der Waals surface area contributed by atoms with Gasteiger partial charge in [0.05, 0.1) is 24.6 Å². The lowest BCUT2D eigenvalue weighted by molar-refractivity contribution is 0.0300. The van der Waals surface area contributed by atoms with Crippen LogP contribution in [0.4, 0.5) is 0 Å². The Morgan fingerprint density at radius 1 is 0.792 bits per heavy atom. The zero-order valence-corrected chi connectivity index (χ0v) is 17.4. The molecule has 0 aromatic heterocycles. The lowest BCUT2D eigenvalue weighted by Crippen LogP contribution is -2.32.